The molecule has 174 valence electrons. The number of carbonyl (C=O) groups is 2. The second-order valence-corrected chi connectivity index (χ2v) is 8.79. The summed E-state index contributed by atoms with van der Waals surface area (Å²) in [7, 11) is 0. The third kappa shape index (κ3) is 5.32. The van der Waals surface area contributed by atoms with Crippen LogP contribution in [0.25, 0.3) is 22.3 Å². The van der Waals surface area contributed by atoms with Crippen LogP contribution in [-0.4, -0.2) is 37.5 Å². The Bertz CT molecular complexity index is 1290. The number of thiophene rings is 1. The van der Waals surface area contributed by atoms with Crippen LogP contribution in [0, 0.1) is 0 Å². The predicted molar refractivity (Wildman–Crippen MR) is 133 cm³/mol. The van der Waals surface area contributed by atoms with Crippen molar-refractivity contribution in [2.24, 2.45) is 0 Å². The van der Waals surface area contributed by atoms with Crippen molar-refractivity contribution in [3.05, 3.63) is 77.9 Å². The lowest BCUT2D eigenvalue weighted by Gasteiger charge is -2.15. The zero-order valence-electron chi connectivity index (χ0n) is 19.1. The van der Waals surface area contributed by atoms with Crippen molar-refractivity contribution in [3.63, 3.8) is 0 Å². The van der Waals surface area contributed by atoms with Gasteiger partial charge in [-0.1, -0.05) is 24.3 Å². The topological polar surface area (TPSA) is 91.0 Å². The van der Waals surface area contributed by atoms with Gasteiger partial charge in [-0.25, -0.2) is 14.2 Å². The van der Waals surface area contributed by atoms with E-state index in [1.54, 1.807) is 39.0 Å². The molecule has 0 fully saturated rings. The van der Waals surface area contributed by atoms with Crippen LogP contribution >= 0.6 is 11.3 Å². The molecule has 0 bridgehead atoms. The average Bonchev–Trinajstić information content (AvgIpc) is 3.58. The van der Waals surface area contributed by atoms with E-state index >= 15 is 0 Å². The summed E-state index contributed by atoms with van der Waals surface area (Å²) in [5.41, 5.74) is 2.44. The van der Waals surface area contributed by atoms with E-state index in [1.165, 1.54) is 13.0 Å². The van der Waals surface area contributed by atoms with Crippen molar-refractivity contribution in [2.75, 3.05) is 5.32 Å². The Labute approximate surface area is 201 Å². The number of ether oxygens (including phenoxy) is 1. The van der Waals surface area contributed by atoms with E-state index in [-0.39, 0.29) is 6.04 Å². The van der Waals surface area contributed by atoms with Gasteiger partial charge in [0.2, 0.25) is 0 Å². The monoisotopic (exact) mass is 475 g/mol. The van der Waals surface area contributed by atoms with Crippen molar-refractivity contribution in [3.8, 4) is 16.3 Å². The number of para-hydroxylation sites is 1. The van der Waals surface area contributed by atoms with Crippen LogP contribution in [0.2, 0.25) is 0 Å². The van der Waals surface area contributed by atoms with Gasteiger partial charge >= 0.3 is 5.97 Å². The lowest BCUT2D eigenvalue weighted by molar-refractivity contribution is -0.148. The highest BCUT2D eigenvalue weighted by Gasteiger charge is 2.19. The fraction of sp³-hybridized carbons (Fsp3) is 0.200. The van der Waals surface area contributed by atoms with Crippen LogP contribution in [0.1, 0.15) is 32.4 Å². The molecule has 3 heterocycles. The summed E-state index contributed by atoms with van der Waals surface area (Å²) in [4.78, 5) is 25.9. The lowest BCUT2D eigenvalue weighted by atomic mass is 10.2. The highest BCUT2D eigenvalue weighted by molar-refractivity contribution is 7.13. The first-order chi connectivity index (χ1) is 16.4. The molecular weight excluding hydrogens is 450 g/mol. The first kappa shape index (κ1) is 23.2. The summed E-state index contributed by atoms with van der Waals surface area (Å²) in [6, 6.07) is 15.4. The minimum atomic E-state index is -0.975. The molecule has 0 aliphatic rings. The summed E-state index contributed by atoms with van der Waals surface area (Å²) in [6.07, 6.45) is 5.46. The Morgan fingerprint density at radius 3 is 2.59 bits per heavy atom. The number of esters is 1. The zero-order chi connectivity index (χ0) is 24.1. The molecule has 0 saturated carbocycles. The standard InChI is InChI=1S/C25H25N5O3S/c1-17(2)30-22(13-14-26-30)27-25(32)18(3)33-23(31)12-11-19-16-29(20-8-5-4-6-9-20)28-24(19)21-10-7-15-34-21/h4-18H,1-3H3,(H,27,32)/b12-11+. The molecule has 0 radical (unpaired) electrons. The quantitative estimate of drug-likeness (QED) is 0.287. The number of hydrogen-bond donors (Lipinski definition) is 1. The van der Waals surface area contributed by atoms with Crippen LogP contribution < -0.4 is 5.32 Å². The molecule has 3 aromatic heterocycles. The van der Waals surface area contributed by atoms with E-state index in [2.05, 4.69) is 10.4 Å². The number of nitrogens with zero attached hydrogens (tertiary/aromatic N) is 4. The number of amides is 1. The Kier molecular flexibility index (Phi) is 7.03. The average molecular weight is 476 g/mol. The van der Waals surface area contributed by atoms with Crippen LogP contribution in [0.5, 0.6) is 0 Å². The van der Waals surface area contributed by atoms with Gasteiger partial charge in [-0.3, -0.25) is 4.79 Å². The summed E-state index contributed by atoms with van der Waals surface area (Å²) in [6.45, 7) is 5.45. The lowest BCUT2D eigenvalue weighted by Crippen LogP contribution is -2.30. The second-order valence-electron chi connectivity index (χ2n) is 7.85. The van der Waals surface area contributed by atoms with Crippen LogP contribution in [0.3, 0.4) is 0 Å². The number of hydrogen-bond acceptors (Lipinski definition) is 6. The van der Waals surface area contributed by atoms with Crippen LogP contribution in [0.4, 0.5) is 5.82 Å². The normalized spacial score (nSPS) is 12.2. The maximum Gasteiger partial charge on any atom is 0.331 e. The van der Waals surface area contributed by atoms with Crippen molar-refractivity contribution < 1.29 is 14.3 Å². The molecule has 8 nitrogen and oxygen atoms in total. The third-order valence-electron chi connectivity index (χ3n) is 4.99. The number of nitrogens with one attached hydrogen (secondary N) is 1. The molecule has 0 aliphatic heterocycles. The molecule has 9 heteroatoms. The van der Waals surface area contributed by atoms with E-state index in [1.807, 2.05) is 67.9 Å². The maximum atomic E-state index is 12.5. The Morgan fingerprint density at radius 1 is 1.09 bits per heavy atom. The molecule has 4 rings (SSSR count). The van der Waals surface area contributed by atoms with E-state index in [9.17, 15) is 9.59 Å². The molecular formula is C25H25N5O3S. The molecule has 0 spiro atoms. The highest BCUT2D eigenvalue weighted by atomic mass is 32.1. The number of carbonyl (C=O) groups excluding carboxylic acids is 2. The molecule has 1 atom stereocenters. The Morgan fingerprint density at radius 2 is 1.88 bits per heavy atom. The first-order valence-corrected chi connectivity index (χ1v) is 11.7. The fourth-order valence-electron chi connectivity index (χ4n) is 3.30. The smallest absolute Gasteiger partial charge is 0.331 e. The minimum Gasteiger partial charge on any atom is -0.449 e. The van der Waals surface area contributed by atoms with Crippen molar-refractivity contribution in [1.82, 2.24) is 19.6 Å². The molecule has 1 aromatic carbocycles. The van der Waals surface area contributed by atoms with Gasteiger partial charge in [0, 0.05) is 29.9 Å². The molecule has 34 heavy (non-hydrogen) atoms. The predicted octanol–water partition coefficient (Wildman–Crippen LogP) is 4.96. The maximum absolute atomic E-state index is 12.5. The summed E-state index contributed by atoms with van der Waals surface area (Å²) < 4.78 is 8.77. The van der Waals surface area contributed by atoms with Gasteiger partial charge in [0.15, 0.2) is 6.10 Å². The number of benzene rings is 1. The van der Waals surface area contributed by atoms with Gasteiger partial charge in [0.25, 0.3) is 5.91 Å². The van der Waals surface area contributed by atoms with Crippen molar-refractivity contribution in [1.29, 1.82) is 0 Å². The van der Waals surface area contributed by atoms with Gasteiger partial charge in [0.1, 0.15) is 11.5 Å². The van der Waals surface area contributed by atoms with Crippen molar-refractivity contribution >= 4 is 35.1 Å². The highest BCUT2D eigenvalue weighted by Crippen LogP contribution is 2.28. The van der Waals surface area contributed by atoms with Crippen LogP contribution in [-0.2, 0) is 14.3 Å². The van der Waals surface area contributed by atoms with Gasteiger partial charge in [-0.05, 0) is 50.4 Å². The summed E-state index contributed by atoms with van der Waals surface area (Å²) >= 11 is 1.57. The second kappa shape index (κ2) is 10.3. The van der Waals surface area contributed by atoms with E-state index in [0.717, 1.165) is 21.8 Å². The largest absolute Gasteiger partial charge is 0.449 e. The van der Waals surface area contributed by atoms with Gasteiger partial charge in [0.05, 0.1) is 16.8 Å². The third-order valence-corrected chi connectivity index (χ3v) is 5.87. The van der Waals surface area contributed by atoms with Gasteiger partial charge in [-0.15, -0.1) is 11.3 Å². The minimum absolute atomic E-state index is 0.0837. The van der Waals surface area contributed by atoms with E-state index in [4.69, 9.17) is 9.84 Å². The number of aromatic nitrogens is 4. The molecule has 4 aromatic rings. The van der Waals surface area contributed by atoms with E-state index < -0.39 is 18.0 Å². The van der Waals surface area contributed by atoms with Gasteiger partial charge in [-0.2, -0.15) is 10.2 Å². The molecule has 1 unspecified atom stereocenters. The van der Waals surface area contributed by atoms with Crippen molar-refractivity contribution in [2.45, 2.75) is 32.9 Å². The number of rotatable bonds is 8. The Balaban J connectivity index is 1.46. The summed E-state index contributed by atoms with van der Waals surface area (Å²) in [5, 5.41) is 13.6. The fourth-order valence-corrected chi connectivity index (χ4v) is 4.04. The Hall–Kier alpha value is -3.98. The zero-order valence-corrected chi connectivity index (χ0v) is 19.9. The van der Waals surface area contributed by atoms with E-state index in [0.29, 0.717) is 5.82 Å². The summed E-state index contributed by atoms with van der Waals surface area (Å²) in [5.74, 6) is -0.503. The van der Waals surface area contributed by atoms with Gasteiger partial charge < -0.3 is 10.1 Å². The van der Waals surface area contributed by atoms with Crippen LogP contribution in [0.15, 0.2) is 72.4 Å². The number of anilines is 1. The first-order valence-electron chi connectivity index (χ1n) is 10.8. The molecule has 1 N–H and O–H groups in total. The molecule has 1 amide bonds. The SMILES string of the molecule is CC(OC(=O)/C=C/c1cn(-c2ccccc2)nc1-c1cccs1)C(=O)Nc1ccnn1C(C)C. The molecule has 0 saturated heterocycles. The molecule has 0 aliphatic carbocycles.